The monoisotopic (exact) mass is 217 g/mol. The van der Waals surface area contributed by atoms with Crippen LogP contribution in [-0.4, -0.2) is 4.98 Å². The van der Waals surface area contributed by atoms with Crippen molar-refractivity contribution >= 4 is 11.3 Å². The summed E-state index contributed by atoms with van der Waals surface area (Å²) in [5, 5.41) is 1.14. The van der Waals surface area contributed by atoms with Crippen molar-refractivity contribution in [2.45, 2.75) is 26.2 Å². The molecule has 0 fully saturated rings. The molecule has 0 spiro atoms. The van der Waals surface area contributed by atoms with Crippen LogP contribution in [0.4, 0.5) is 0 Å². The lowest BCUT2D eigenvalue weighted by Gasteiger charge is -1.93. The molecule has 1 aromatic heterocycles. The molecule has 0 N–H and O–H groups in total. The summed E-state index contributed by atoms with van der Waals surface area (Å²) in [6, 6.07) is 10.4. The molecule has 0 aliphatic heterocycles. The molecule has 0 saturated heterocycles. The molecule has 0 bridgehead atoms. The zero-order chi connectivity index (χ0) is 10.5. The molecule has 2 heteroatoms. The maximum Gasteiger partial charge on any atom is 0.123 e. The van der Waals surface area contributed by atoms with Crippen LogP contribution in [0.2, 0.25) is 0 Å². The molecule has 0 radical (unpaired) electrons. The fourth-order valence-corrected chi connectivity index (χ4v) is 2.45. The molecule has 15 heavy (non-hydrogen) atoms. The molecule has 0 amide bonds. The molecule has 2 aromatic rings. The number of nitrogens with zero attached hydrogens (tertiary/aromatic N) is 1. The predicted octanol–water partition coefficient (Wildman–Crippen LogP) is 4.15. The van der Waals surface area contributed by atoms with E-state index >= 15 is 0 Å². The first-order chi connectivity index (χ1) is 7.40. The van der Waals surface area contributed by atoms with Crippen LogP contribution >= 0.6 is 11.3 Å². The largest absolute Gasteiger partial charge is 0.244 e. The molecule has 0 aliphatic carbocycles. The van der Waals surface area contributed by atoms with Crippen LogP contribution < -0.4 is 0 Å². The molecule has 1 aromatic carbocycles. The Kier molecular flexibility index (Phi) is 3.51. The Morgan fingerprint density at radius 1 is 1.20 bits per heavy atom. The fraction of sp³-hybridized carbons (Fsp3) is 0.308. The van der Waals surface area contributed by atoms with Gasteiger partial charge in [-0.05, 0) is 12.8 Å². The molecule has 1 nitrogen and oxygen atoms in total. The second-order valence-electron chi connectivity index (χ2n) is 3.60. The van der Waals surface area contributed by atoms with E-state index in [0.717, 1.165) is 5.01 Å². The third kappa shape index (κ3) is 2.66. The quantitative estimate of drug-likeness (QED) is 0.749. The first kappa shape index (κ1) is 10.4. The number of rotatable bonds is 4. The van der Waals surface area contributed by atoms with Gasteiger partial charge >= 0.3 is 0 Å². The SMILES string of the molecule is CCCCc1cnc(-c2ccccc2)s1. The van der Waals surface area contributed by atoms with Gasteiger partial charge in [0, 0.05) is 16.6 Å². The number of hydrogen-bond acceptors (Lipinski definition) is 2. The summed E-state index contributed by atoms with van der Waals surface area (Å²) in [7, 11) is 0. The molecule has 78 valence electrons. The molecule has 1 heterocycles. The van der Waals surface area contributed by atoms with E-state index in [2.05, 4.69) is 36.2 Å². The van der Waals surface area contributed by atoms with Gasteiger partial charge in [0.2, 0.25) is 0 Å². The van der Waals surface area contributed by atoms with Gasteiger partial charge in [0.1, 0.15) is 5.01 Å². The third-order valence-corrected chi connectivity index (χ3v) is 3.46. The number of unbranched alkanes of at least 4 members (excludes halogenated alkanes) is 1. The van der Waals surface area contributed by atoms with Crippen LogP contribution in [0.1, 0.15) is 24.6 Å². The van der Waals surface area contributed by atoms with Gasteiger partial charge < -0.3 is 0 Å². The van der Waals surface area contributed by atoms with E-state index in [4.69, 9.17) is 0 Å². The van der Waals surface area contributed by atoms with Gasteiger partial charge in [-0.2, -0.15) is 0 Å². The van der Waals surface area contributed by atoms with Gasteiger partial charge in [0.25, 0.3) is 0 Å². The van der Waals surface area contributed by atoms with Crippen molar-refractivity contribution in [2.75, 3.05) is 0 Å². The van der Waals surface area contributed by atoms with Crippen molar-refractivity contribution in [2.24, 2.45) is 0 Å². The number of aromatic nitrogens is 1. The molecule has 0 saturated carbocycles. The predicted molar refractivity (Wildman–Crippen MR) is 66.2 cm³/mol. The van der Waals surface area contributed by atoms with Crippen LogP contribution in [0.25, 0.3) is 10.6 Å². The van der Waals surface area contributed by atoms with Crippen LogP contribution in [0, 0.1) is 0 Å². The molecular formula is C13H15NS. The molecule has 0 atom stereocenters. The van der Waals surface area contributed by atoms with Gasteiger partial charge in [-0.1, -0.05) is 43.7 Å². The Hall–Kier alpha value is -1.15. The number of benzene rings is 1. The van der Waals surface area contributed by atoms with E-state index in [1.54, 1.807) is 0 Å². The van der Waals surface area contributed by atoms with Gasteiger partial charge in [-0.25, -0.2) is 4.98 Å². The Labute approximate surface area is 94.8 Å². The highest BCUT2D eigenvalue weighted by atomic mass is 32.1. The van der Waals surface area contributed by atoms with Crippen molar-refractivity contribution in [1.29, 1.82) is 0 Å². The summed E-state index contributed by atoms with van der Waals surface area (Å²) in [5.74, 6) is 0. The highest BCUT2D eigenvalue weighted by Crippen LogP contribution is 2.25. The van der Waals surface area contributed by atoms with Gasteiger partial charge in [-0.15, -0.1) is 11.3 Å². The van der Waals surface area contributed by atoms with E-state index in [9.17, 15) is 0 Å². The van der Waals surface area contributed by atoms with Crippen LogP contribution in [0.3, 0.4) is 0 Å². The Bertz CT molecular complexity index is 405. The summed E-state index contributed by atoms with van der Waals surface area (Å²) in [6.07, 6.45) is 5.69. The maximum atomic E-state index is 4.46. The summed E-state index contributed by atoms with van der Waals surface area (Å²) in [4.78, 5) is 5.86. The molecule has 0 aliphatic rings. The molecular weight excluding hydrogens is 202 g/mol. The Morgan fingerprint density at radius 3 is 2.73 bits per heavy atom. The summed E-state index contributed by atoms with van der Waals surface area (Å²) in [5.41, 5.74) is 1.23. The summed E-state index contributed by atoms with van der Waals surface area (Å²) in [6.45, 7) is 2.22. The Balaban J connectivity index is 2.14. The van der Waals surface area contributed by atoms with Crippen LogP contribution in [0.15, 0.2) is 36.5 Å². The number of hydrogen-bond donors (Lipinski definition) is 0. The lowest BCUT2D eigenvalue weighted by atomic mass is 10.2. The normalized spacial score (nSPS) is 10.5. The minimum Gasteiger partial charge on any atom is -0.244 e. The second kappa shape index (κ2) is 5.08. The zero-order valence-corrected chi connectivity index (χ0v) is 9.76. The van der Waals surface area contributed by atoms with E-state index in [0.29, 0.717) is 0 Å². The minimum atomic E-state index is 1.14. The van der Waals surface area contributed by atoms with Crippen molar-refractivity contribution in [3.8, 4) is 10.6 Å². The molecule has 0 unspecified atom stereocenters. The minimum absolute atomic E-state index is 1.14. The van der Waals surface area contributed by atoms with Crippen LogP contribution in [-0.2, 0) is 6.42 Å². The maximum absolute atomic E-state index is 4.46. The highest BCUT2D eigenvalue weighted by molar-refractivity contribution is 7.15. The number of aryl methyl sites for hydroxylation is 1. The Morgan fingerprint density at radius 2 is 2.00 bits per heavy atom. The second-order valence-corrected chi connectivity index (χ2v) is 4.72. The van der Waals surface area contributed by atoms with E-state index in [-0.39, 0.29) is 0 Å². The van der Waals surface area contributed by atoms with Gasteiger partial charge in [0.05, 0.1) is 0 Å². The van der Waals surface area contributed by atoms with E-state index in [1.807, 2.05) is 23.6 Å². The topological polar surface area (TPSA) is 12.9 Å². The first-order valence-electron chi connectivity index (χ1n) is 5.40. The first-order valence-corrected chi connectivity index (χ1v) is 6.22. The smallest absolute Gasteiger partial charge is 0.123 e. The fourth-order valence-electron chi connectivity index (χ4n) is 1.49. The molecule has 2 rings (SSSR count). The number of thiazole rings is 1. The third-order valence-electron chi connectivity index (χ3n) is 2.35. The van der Waals surface area contributed by atoms with Crippen LogP contribution in [0.5, 0.6) is 0 Å². The zero-order valence-electron chi connectivity index (χ0n) is 8.94. The van der Waals surface area contributed by atoms with Crippen molar-refractivity contribution in [3.05, 3.63) is 41.4 Å². The van der Waals surface area contributed by atoms with E-state index in [1.165, 1.54) is 29.7 Å². The standard InChI is InChI=1S/C13H15NS/c1-2-3-9-12-10-14-13(15-12)11-7-5-4-6-8-11/h4-8,10H,2-3,9H2,1H3. The van der Waals surface area contributed by atoms with Crippen molar-refractivity contribution < 1.29 is 0 Å². The average Bonchev–Trinajstić information content (AvgIpc) is 2.76. The van der Waals surface area contributed by atoms with Crippen molar-refractivity contribution in [3.63, 3.8) is 0 Å². The highest BCUT2D eigenvalue weighted by Gasteiger charge is 2.03. The average molecular weight is 217 g/mol. The van der Waals surface area contributed by atoms with E-state index < -0.39 is 0 Å². The lowest BCUT2D eigenvalue weighted by Crippen LogP contribution is -1.76. The lowest BCUT2D eigenvalue weighted by molar-refractivity contribution is 0.803. The summed E-state index contributed by atoms with van der Waals surface area (Å²) >= 11 is 1.81. The summed E-state index contributed by atoms with van der Waals surface area (Å²) < 4.78 is 0. The van der Waals surface area contributed by atoms with Crippen molar-refractivity contribution in [1.82, 2.24) is 4.98 Å². The van der Waals surface area contributed by atoms with Gasteiger partial charge in [0.15, 0.2) is 0 Å². The van der Waals surface area contributed by atoms with Gasteiger partial charge in [-0.3, -0.25) is 0 Å².